The molecule has 0 aliphatic rings. The van der Waals surface area contributed by atoms with Gasteiger partial charge in [-0.3, -0.25) is 0 Å². The van der Waals surface area contributed by atoms with Crippen LogP contribution in [0.1, 0.15) is 5.69 Å². The zero-order valence-corrected chi connectivity index (χ0v) is 9.88. The summed E-state index contributed by atoms with van der Waals surface area (Å²) in [5, 5.41) is 23.9. The number of ether oxygens (including phenoxy) is 1. The van der Waals surface area contributed by atoms with Crippen LogP contribution >= 0.6 is 0 Å². The molecule has 2 rings (SSSR count). The van der Waals surface area contributed by atoms with Gasteiger partial charge in [0.15, 0.2) is 6.07 Å². The summed E-state index contributed by atoms with van der Waals surface area (Å²) >= 11 is 0. The Balaban J connectivity index is 2.48. The quantitative estimate of drug-likeness (QED) is 0.488. The van der Waals surface area contributed by atoms with E-state index in [9.17, 15) is 5.21 Å². The minimum Gasteiger partial charge on any atom is -0.617 e. The van der Waals surface area contributed by atoms with Crippen LogP contribution in [0.15, 0.2) is 24.3 Å². The second-order valence-corrected chi connectivity index (χ2v) is 3.62. The third-order valence-electron chi connectivity index (χ3n) is 2.46. The topological polar surface area (TPSA) is 84.9 Å². The molecule has 1 aromatic carbocycles. The van der Waals surface area contributed by atoms with Crippen molar-refractivity contribution in [3.63, 3.8) is 0 Å². The fourth-order valence-corrected chi connectivity index (χ4v) is 1.61. The Morgan fingerprint density at radius 2 is 2.28 bits per heavy atom. The van der Waals surface area contributed by atoms with Crippen LogP contribution in [-0.2, 0) is 4.74 Å². The Hall–Kier alpha value is -2.39. The lowest BCUT2D eigenvalue weighted by Gasteiger charge is -2.08. The van der Waals surface area contributed by atoms with Crippen molar-refractivity contribution in [2.75, 3.05) is 25.6 Å². The first-order valence-corrected chi connectivity index (χ1v) is 5.43. The molecule has 0 bridgehead atoms. The summed E-state index contributed by atoms with van der Waals surface area (Å²) in [4.78, 5) is 4.27. The van der Waals surface area contributed by atoms with E-state index in [4.69, 9.17) is 10.00 Å². The Morgan fingerprint density at radius 1 is 1.50 bits per heavy atom. The number of nitriles is 1. The molecular weight excluding hydrogens is 232 g/mol. The first-order valence-electron chi connectivity index (χ1n) is 5.43. The van der Waals surface area contributed by atoms with E-state index in [0.29, 0.717) is 28.9 Å². The van der Waals surface area contributed by atoms with Crippen LogP contribution in [0.25, 0.3) is 11.0 Å². The Morgan fingerprint density at radius 3 is 3.00 bits per heavy atom. The number of para-hydroxylation sites is 2. The van der Waals surface area contributed by atoms with Gasteiger partial charge < -0.3 is 15.3 Å². The smallest absolute Gasteiger partial charge is 0.337 e. The zero-order valence-electron chi connectivity index (χ0n) is 9.88. The van der Waals surface area contributed by atoms with Gasteiger partial charge in [-0.05, 0) is 6.07 Å². The lowest BCUT2D eigenvalue weighted by Crippen LogP contribution is -2.33. The average molecular weight is 244 g/mol. The molecule has 0 saturated carbocycles. The van der Waals surface area contributed by atoms with E-state index in [2.05, 4.69) is 10.3 Å². The van der Waals surface area contributed by atoms with Crippen LogP contribution in [0.4, 0.5) is 5.82 Å². The molecule has 0 aliphatic heterocycles. The molecule has 0 fully saturated rings. The van der Waals surface area contributed by atoms with Crippen LogP contribution in [-0.4, -0.2) is 25.2 Å². The van der Waals surface area contributed by atoms with E-state index in [-0.39, 0.29) is 11.5 Å². The van der Waals surface area contributed by atoms with Gasteiger partial charge in [0.25, 0.3) is 0 Å². The molecule has 92 valence electrons. The standard InChI is InChI=1S/C12H12N4O2/c1-18-7-6-14-12-11(8-13)16(17)10-5-3-2-4-9(10)15-12/h2-5H,6-7H2,1H3,(H,14,15). The molecule has 18 heavy (non-hydrogen) atoms. The lowest BCUT2D eigenvalue weighted by molar-refractivity contribution is -0.579. The van der Waals surface area contributed by atoms with Gasteiger partial charge in [0.05, 0.1) is 6.61 Å². The molecule has 1 aromatic heterocycles. The molecule has 0 aliphatic carbocycles. The fourth-order valence-electron chi connectivity index (χ4n) is 1.61. The largest absolute Gasteiger partial charge is 0.617 e. The summed E-state index contributed by atoms with van der Waals surface area (Å²) in [6, 6.07) is 8.76. The van der Waals surface area contributed by atoms with Gasteiger partial charge in [-0.1, -0.05) is 12.1 Å². The highest BCUT2D eigenvalue weighted by Gasteiger charge is 2.17. The number of nitrogens with one attached hydrogen (secondary N) is 1. The van der Waals surface area contributed by atoms with E-state index < -0.39 is 0 Å². The average Bonchev–Trinajstić information content (AvgIpc) is 2.39. The predicted molar refractivity (Wildman–Crippen MR) is 65.8 cm³/mol. The molecule has 0 amide bonds. The highest BCUT2D eigenvalue weighted by Crippen LogP contribution is 2.13. The number of rotatable bonds is 4. The zero-order chi connectivity index (χ0) is 13.0. The van der Waals surface area contributed by atoms with Crippen molar-refractivity contribution < 1.29 is 9.47 Å². The van der Waals surface area contributed by atoms with Gasteiger partial charge >= 0.3 is 5.69 Å². The van der Waals surface area contributed by atoms with Gasteiger partial charge in [0, 0.05) is 19.7 Å². The van der Waals surface area contributed by atoms with Crippen molar-refractivity contribution in [2.24, 2.45) is 0 Å². The van der Waals surface area contributed by atoms with Crippen molar-refractivity contribution in [1.29, 1.82) is 5.26 Å². The molecular formula is C12H12N4O2. The fraction of sp³-hybridized carbons (Fsp3) is 0.250. The van der Waals surface area contributed by atoms with Crippen LogP contribution in [0, 0.1) is 16.5 Å². The van der Waals surface area contributed by atoms with Gasteiger partial charge in [0.1, 0.15) is 5.52 Å². The van der Waals surface area contributed by atoms with Crippen LogP contribution in [0.5, 0.6) is 0 Å². The molecule has 2 aromatic rings. The number of benzene rings is 1. The highest BCUT2D eigenvalue weighted by molar-refractivity contribution is 5.73. The van der Waals surface area contributed by atoms with Crippen molar-refractivity contribution in [1.82, 2.24) is 4.98 Å². The van der Waals surface area contributed by atoms with E-state index in [1.807, 2.05) is 6.07 Å². The maximum atomic E-state index is 12.0. The van der Waals surface area contributed by atoms with Gasteiger partial charge in [-0.2, -0.15) is 9.99 Å². The number of aromatic nitrogens is 2. The van der Waals surface area contributed by atoms with Crippen molar-refractivity contribution >= 4 is 16.9 Å². The maximum absolute atomic E-state index is 12.0. The molecule has 1 heterocycles. The normalized spacial score (nSPS) is 10.2. The maximum Gasteiger partial charge on any atom is 0.337 e. The number of anilines is 1. The van der Waals surface area contributed by atoms with Gasteiger partial charge in [0.2, 0.25) is 11.3 Å². The highest BCUT2D eigenvalue weighted by atomic mass is 16.5. The summed E-state index contributed by atoms with van der Waals surface area (Å²) in [5.74, 6) is 0.281. The van der Waals surface area contributed by atoms with Crippen molar-refractivity contribution in [2.45, 2.75) is 0 Å². The number of hydrogen-bond donors (Lipinski definition) is 1. The summed E-state index contributed by atoms with van der Waals surface area (Å²) in [6.45, 7) is 0.953. The number of nitrogens with zero attached hydrogens (tertiary/aromatic N) is 3. The van der Waals surface area contributed by atoms with Crippen LogP contribution < -0.4 is 10.0 Å². The van der Waals surface area contributed by atoms with Gasteiger partial charge in [-0.15, -0.1) is 0 Å². The van der Waals surface area contributed by atoms with E-state index in [0.717, 1.165) is 0 Å². The monoisotopic (exact) mass is 244 g/mol. The Bertz CT molecular complexity index is 607. The van der Waals surface area contributed by atoms with Crippen molar-refractivity contribution in [3.8, 4) is 6.07 Å². The second kappa shape index (κ2) is 5.29. The third kappa shape index (κ3) is 2.17. The number of methoxy groups -OCH3 is 1. The second-order valence-electron chi connectivity index (χ2n) is 3.62. The van der Waals surface area contributed by atoms with E-state index in [1.165, 1.54) is 0 Å². The van der Waals surface area contributed by atoms with E-state index in [1.54, 1.807) is 31.4 Å². The first-order chi connectivity index (χ1) is 8.77. The molecule has 0 saturated heterocycles. The minimum absolute atomic E-state index is 0.0372. The van der Waals surface area contributed by atoms with E-state index >= 15 is 0 Å². The molecule has 0 radical (unpaired) electrons. The third-order valence-corrected chi connectivity index (χ3v) is 2.46. The Labute approximate surface area is 104 Å². The summed E-state index contributed by atoms with van der Waals surface area (Å²) in [5.41, 5.74) is 0.891. The molecule has 6 heteroatoms. The summed E-state index contributed by atoms with van der Waals surface area (Å²) in [6.07, 6.45) is 0. The van der Waals surface area contributed by atoms with Gasteiger partial charge in [-0.25, -0.2) is 4.98 Å². The van der Waals surface area contributed by atoms with Crippen molar-refractivity contribution in [3.05, 3.63) is 35.2 Å². The summed E-state index contributed by atoms with van der Waals surface area (Å²) < 4.78 is 5.49. The predicted octanol–water partition coefficient (Wildman–Crippen LogP) is 0.798. The van der Waals surface area contributed by atoms with Crippen LogP contribution in [0.2, 0.25) is 0 Å². The number of hydrogen-bond acceptors (Lipinski definition) is 5. The Kier molecular flexibility index (Phi) is 3.55. The molecule has 0 atom stereocenters. The number of fused-ring (bicyclic) bond motifs is 1. The lowest BCUT2D eigenvalue weighted by atomic mass is 10.3. The molecule has 6 nitrogen and oxygen atoms in total. The summed E-state index contributed by atoms with van der Waals surface area (Å²) in [7, 11) is 1.58. The first kappa shape index (κ1) is 12.1. The molecule has 1 N–H and O–H groups in total. The SMILES string of the molecule is COCCNc1nc2ccccc2[n+]([O-])c1C#N. The molecule has 0 spiro atoms. The minimum atomic E-state index is -0.0372. The molecule has 0 unspecified atom stereocenters. The van der Waals surface area contributed by atoms with Crippen LogP contribution in [0.3, 0.4) is 0 Å².